The van der Waals surface area contributed by atoms with Crippen molar-refractivity contribution < 1.29 is 0 Å². The first-order valence-electron chi connectivity index (χ1n) is 4.02. The second kappa shape index (κ2) is 3.44. The van der Waals surface area contributed by atoms with Crippen LogP contribution in [0.3, 0.4) is 0 Å². The molecular weight excluding hydrogens is 188 g/mol. The fourth-order valence-corrected chi connectivity index (χ4v) is 3.05. The van der Waals surface area contributed by atoms with Crippen molar-refractivity contribution in [3.63, 3.8) is 0 Å². The molecule has 4 heteroatoms. The summed E-state index contributed by atoms with van der Waals surface area (Å²) in [5.41, 5.74) is 1.99. The van der Waals surface area contributed by atoms with Crippen molar-refractivity contribution in [3.05, 3.63) is 11.5 Å². The zero-order chi connectivity index (χ0) is 8.55. The minimum absolute atomic E-state index is 0.450. The van der Waals surface area contributed by atoms with E-state index in [4.69, 9.17) is 0 Å². The van der Waals surface area contributed by atoms with Crippen LogP contribution in [0.5, 0.6) is 0 Å². The fraction of sp³-hybridized carbons (Fsp3) is 0.625. The standard InChI is InChI=1S/C8H12N2S2/c1-6-8(9-5-11-6)7-3-4-12-10(7)2/h3-8H,1-2H3. The summed E-state index contributed by atoms with van der Waals surface area (Å²) in [7, 11) is 2.13. The van der Waals surface area contributed by atoms with Gasteiger partial charge < -0.3 is 0 Å². The summed E-state index contributed by atoms with van der Waals surface area (Å²) >= 11 is 3.60. The summed E-state index contributed by atoms with van der Waals surface area (Å²) in [6.45, 7) is 2.24. The predicted octanol–water partition coefficient (Wildman–Crippen LogP) is 1.99. The van der Waals surface area contributed by atoms with Gasteiger partial charge in [0.1, 0.15) is 0 Å². The van der Waals surface area contributed by atoms with Crippen molar-refractivity contribution >= 4 is 29.3 Å². The fourth-order valence-electron chi connectivity index (χ4n) is 1.50. The Balaban J connectivity index is 2.08. The third-order valence-corrected chi connectivity index (χ3v) is 4.07. The van der Waals surface area contributed by atoms with E-state index in [0.717, 1.165) is 0 Å². The molecule has 0 saturated heterocycles. The summed E-state index contributed by atoms with van der Waals surface area (Å²) in [6.07, 6.45) is 2.25. The van der Waals surface area contributed by atoms with Crippen LogP contribution in [-0.4, -0.2) is 34.2 Å². The first-order chi connectivity index (χ1) is 5.79. The van der Waals surface area contributed by atoms with E-state index < -0.39 is 0 Å². The summed E-state index contributed by atoms with van der Waals surface area (Å²) in [6, 6.07) is 0.947. The molecule has 3 unspecified atom stereocenters. The molecule has 66 valence electrons. The van der Waals surface area contributed by atoms with Crippen LogP contribution in [0.1, 0.15) is 6.92 Å². The smallest absolute Gasteiger partial charge is 0.0825 e. The molecule has 0 N–H and O–H groups in total. The van der Waals surface area contributed by atoms with E-state index in [-0.39, 0.29) is 0 Å². The molecule has 2 heterocycles. The van der Waals surface area contributed by atoms with E-state index >= 15 is 0 Å². The number of nitrogens with zero attached hydrogens (tertiary/aromatic N) is 2. The topological polar surface area (TPSA) is 15.6 Å². The highest BCUT2D eigenvalue weighted by Gasteiger charge is 2.32. The van der Waals surface area contributed by atoms with Crippen molar-refractivity contribution in [1.82, 2.24) is 4.31 Å². The molecule has 0 aromatic heterocycles. The number of rotatable bonds is 1. The molecule has 0 aromatic rings. The van der Waals surface area contributed by atoms with Crippen LogP contribution in [0.4, 0.5) is 0 Å². The lowest BCUT2D eigenvalue weighted by Crippen LogP contribution is -2.36. The van der Waals surface area contributed by atoms with Crippen molar-refractivity contribution in [1.29, 1.82) is 0 Å². The lowest BCUT2D eigenvalue weighted by Gasteiger charge is -2.24. The molecule has 0 spiro atoms. The number of likely N-dealkylation sites (N-methyl/N-ethyl adjacent to an activating group) is 1. The second-order valence-corrected chi connectivity index (χ2v) is 5.34. The summed E-state index contributed by atoms with van der Waals surface area (Å²) < 4.78 is 2.27. The molecule has 0 amide bonds. The lowest BCUT2D eigenvalue weighted by atomic mass is 10.1. The Bertz CT molecular complexity index is 203. The van der Waals surface area contributed by atoms with E-state index in [2.05, 4.69) is 34.8 Å². The number of hydrogen-bond donors (Lipinski definition) is 0. The molecule has 0 radical (unpaired) electrons. The third-order valence-electron chi connectivity index (χ3n) is 2.26. The molecule has 0 saturated carbocycles. The molecule has 3 atom stereocenters. The highest BCUT2D eigenvalue weighted by molar-refractivity contribution is 8.12. The summed E-state index contributed by atoms with van der Waals surface area (Å²) in [5, 5.41) is 2.77. The Kier molecular flexibility index (Phi) is 2.48. The summed E-state index contributed by atoms with van der Waals surface area (Å²) in [5.74, 6) is 0. The largest absolute Gasteiger partial charge is 0.280 e. The Labute approximate surface area is 81.6 Å². The highest BCUT2D eigenvalue weighted by Crippen LogP contribution is 2.32. The monoisotopic (exact) mass is 200 g/mol. The van der Waals surface area contributed by atoms with Crippen molar-refractivity contribution in [2.75, 3.05) is 7.05 Å². The SMILES string of the molecule is CC1SC=NC1C1C=CSN1C. The molecule has 12 heavy (non-hydrogen) atoms. The van der Waals surface area contributed by atoms with Crippen LogP contribution in [0, 0.1) is 0 Å². The molecule has 0 bridgehead atoms. The average molecular weight is 200 g/mol. The number of aliphatic imine (C=N–C) groups is 1. The van der Waals surface area contributed by atoms with Crippen molar-refractivity contribution in [2.45, 2.75) is 24.3 Å². The van der Waals surface area contributed by atoms with Crippen LogP contribution in [-0.2, 0) is 0 Å². The minimum atomic E-state index is 0.450. The van der Waals surface area contributed by atoms with Gasteiger partial charge in [-0.25, -0.2) is 4.31 Å². The maximum atomic E-state index is 4.48. The van der Waals surface area contributed by atoms with Gasteiger partial charge in [0, 0.05) is 5.25 Å². The van der Waals surface area contributed by atoms with Gasteiger partial charge in [-0.3, -0.25) is 4.99 Å². The van der Waals surface area contributed by atoms with Gasteiger partial charge in [0.25, 0.3) is 0 Å². The van der Waals surface area contributed by atoms with E-state index in [0.29, 0.717) is 17.3 Å². The molecule has 2 rings (SSSR count). The lowest BCUT2D eigenvalue weighted by molar-refractivity contribution is 0.416. The van der Waals surface area contributed by atoms with Crippen molar-refractivity contribution in [3.8, 4) is 0 Å². The van der Waals surface area contributed by atoms with Crippen LogP contribution < -0.4 is 0 Å². The second-order valence-electron chi connectivity index (χ2n) is 3.06. The van der Waals surface area contributed by atoms with Gasteiger partial charge in [0.2, 0.25) is 0 Å². The summed E-state index contributed by atoms with van der Waals surface area (Å²) in [4.78, 5) is 4.48. The average Bonchev–Trinajstić information content (AvgIpc) is 2.59. The normalized spacial score (nSPS) is 41.3. The van der Waals surface area contributed by atoms with E-state index in [1.807, 2.05) is 17.3 Å². The number of hydrogen-bond acceptors (Lipinski definition) is 4. The van der Waals surface area contributed by atoms with Crippen LogP contribution in [0.15, 0.2) is 16.5 Å². The molecule has 0 aliphatic carbocycles. The Morgan fingerprint density at radius 3 is 2.83 bits per heavy atom. The molecule has 0 fully saturated rings. The molecule has 2 aliphatic heterocycles. The van der Waals surface area contributed by atoms with Crippen LogP contribution >= 0.6 is 23.7 Å². The van der Waals surface area contributed by atoms with E-state index in [9.17, 15) is 0 Å². The minimum Gasteiger partial charge on any atom is -0.280 e. The van der Waals surface area contributed by atoms with E-state index in [1.54, 1.807) is 11.9 Å². The van der Waals surface area contributed by atoms with Gasteiger partial charge in [-0.15, -0.1) is 11.8 Å². The Morgan fingerprint density at radius 2 is 2.33 bits per heavy atom. The van der Waals surface area contributed by atoms with Gasteiger partial charge in [0.15, 0.2) is 0 Å². The predicted molar refractivity (Wildman–Crippen MR) is 57.6 cm³/mol. The quantitative estimate of drug-likeness (QED) is 0.602. The maximum absolute atomic E-state index is 4.48. The van der Waals surface area contributed by atoms with Crippen LogP contribution in [0.2, 0.25) is 0 Å². The first kappa shape index (κ1) is 8.66. The first-order valence-corrected chi connectivity index (χ1v) is 5.80. The van der Waals surface area contributed by atoms with Gasteiger partial charge >= 0.3 is 0 Å². The Hall–Kier alpha value is 0.0700. The maximum Gasteiger partial charge on any atom is 0.0825 e. The molecule has 0 aromatic carbocycles. The zero-order valence-electron chi connectivity index (χ0n) is 7.18. The molecule has 2 aliphatic rings. The molecular formula is C8H12N2S2. The molecule has 2 nitrogen and oxygen atoms in total. The zero-order valence-corrected chi connectivity index (χ0v) is 8.81. The van der Waals surface area contributed by atoms with E-state index in [1.165, 1.54) is 0 Å². The highest BCUT2D eigenvalue weighted by atomic mass is 32.2. The Morgan fingerprint density at radius 1 is 1.50 bits per heavy atom. The third kappa shape index (κ3) is 1.43. The van der Waals surface area contributed by atoms with Crippen LogP contribution in [0.25, 0.3) is 0 Å². The van der Waals surface area contributed by atoms with Gasteiger partial charge in [0.05, 0.1) is 17.6 Å². The number of thioether (sulfide) groups is 1. The van der Waals surface area contributed by atoms with Gasteiger partial charge in [-0.1, -0.05) is 24.9 Å². The van der Waals surface area contributed by atoms with Gasteiger partial charge in [-0.05, 0) is 12.5 Å². The van der Waals surface area contributed by atoms with Gasteiger partial charge in [-0.2, -0.15) is 0 Å². The van der Waals surface area contributed by atoms with Crippen molar-refractivity contribution in [2.24, 2.45) is 4.99 Å².